The minimum absolute atomic E-state index is 0.0145. The molecule has 0 saturated heterocycles. The van der Waals surface area contributed by atoms with Crippen LogP contribution in [0.15, 0.2) is 36.4 Å². The highest BCUT2D eigenvalue weighted by atomic mass is 28.3. The highest BCUT2D eigenvalue weighted by Gasteiger charge is 2.38. The maximum atomic E-state index is 12.5. The smallest absolute Gasteiger partial charge is 0.342 e. The summed E-state index contributed by atoms with van der Waals surface area (Å²) in [6.07, 6.45) is 0. The third kappa shape index (κ3) is 3.69. The van der Waals surface area contributed by atoms with Gasteiger partial charge in [0.1, 0.15) is 11.3 Å². The van der Waals surface area contributed by atoms with Gasteiger partial charge >= 0.3 is 11.9 Å². The van der Waals surface area contributed by atoms with Crippen LogP contribution in [0.3, 0.4) is 0 Å². The molecule has 0 saturated carbocycles. The summed E-state index contributed by atoms with van der Waals surface area (Å²) in [6.45, 7) is 6.37. The van der Waals surface area contributed by atoms with Crippen LogP contribution >= 0.6 is 0 Å². The first-order valence-corrected chi connectivity index (χ1v) is 12.1. The quantitative estimate of drug-likeness (QED) is 0.553. The molecule has 2 rings (SSSR count). The Labute approximate surface area is 167 Å². The SMILES string of the molecule is CC[Si](CC)(CC)c1c(-c2ccccc2)cc(C(=O)OC)c(C(=O)OC)c1O. The van der Waals surface area contributed by atoms with Crippen LogP contribution in [0.25, 0.3) is 11.1 Å². The fraction of sp³-hybridized carbons (Fsp3) is 0.364. The van der Waals surface area contributed by atoms with E-state index in [2.05, 4.69) is 20.8 Å². The highest BCUT2D eigenvalue weighted by molar-refractivity contribution is 6.93. The second-order valence-corrected chi connectivity index (χ2v) is 11.9. The molecular weight excluding hydrogens is 372 g/mol. The van der Waals surface area contributed by atoms with Crippen molar-refractivity contribution in [2.75, 3.05) is 14.2 Å². The van der Waals surface area contributed by atoms with E-state index in [0.717, 1.165) is 34.4 Å². The van der Waals surface area contributed by atoms with E-state index >= 15 is 0 Å². The number of carbonyl (C=O) groups excluding carboxylic acids is 2. The second kappa shape index (κ2) is 9.06. The Morgan fingerprint density at radius 1 is 0.929 bits per heavy atom. The molecular formula is C22H28O5Si. The van der Waals surface area contributed by atoms with Crippen molar-refractivity contribution >= 4 is 25.2 Å². The molecule has 6 heteroatoms. The maximum Gasteiger partial charge on any atom is 0.342 e. The zero-order chi connectivity index (χ0) is 20.9. The molecule has 1 N–H and O–H groups in total. The van der Waals surface area contributed by atoms with Gasteiger partial charge in [-0.15, -0.1) is 0 Å². The van der Waals surface area contributed by atoms with Crippen LogP contribution in [-0.4, -0.2) is 39.3 Å². The van der Waals surface area contributed by atoms with E-state index in [4.69, 9.17) is 9.47 Å². The minimum Gasteiger partial charge on any atom is -0.507 e. The van der Waals surface area contributed by atoms with E-state index in [1.807, 2.05) is 30.3 Å². The minimum atomic E-state index is -2.13. The van der Waals surface area contributed by atoms with Gasteiger partial charge in [-0.1, -0.05) is 69.2 Å². The zero-order valence-corrected chi connectivity index (χ0v) is 18.2. The first-order chi connectivity index (χ1) is 13.4. The van der Waals surface area contributed by atoms with E-state index < -0.39 is 20.0 Å². The van der Waals surface area contributed by atoms with Crippen LogP contribution in [-0.2, 0) is 9.47 Å². The number of benzene rings is 2. The van der Waals surface area contributed by atoms with Crippen molar-refractivity contribution in [2.45, 2.75) is 38.9 Å². The summed E-state index contributed by atoms with van der Waals surface area (Å²) in [5.41, 5.74) is 1.57. The number of phenols is 1. The summed E-state index contributed by atoms with van der Waals surface area (Å²) < 4.78 is 9.75. The molecule has 28 heavy (non-hydrogen) atoms. The lowest BCUT2D eigenvalue weighted by Gasteiger charge is -2.33. The van der Waals surface area contributed by atoms with Crippen LogP contribution in [0.4, 0.5) is 0 Å². The molecule has 0 bridgehead atoms. The van der Waals surface area contributed by atoms with E-state index in [1.54, 1.807) is 6.07 Å². The first-order valence-electron chi connectivity index (χ1n) is 9.53. The number of hydrogen-bond donors (Lipinski definition) is 1. The number of esters is 2. The van der Waals surface area contributed by atoms with Crippen molar-refractivity contribution in [3.05, 3.63) is 47.5 Å². The van der Waals surface area contributed by atoms with Gasteiger partial charge in [0.05, 0.1) is 27.9 Å². The number of methoxy groups -OCH3 is 2. The van der Waals surface area contributed by atoms with Gasteiger partial charge in [0.25, 0.3) is 0 Å². The molecule has 0 radical (unpaired) electrons. The molecule has 5 nitrogen and oxygen atoms in total. The summed E-state index contributed by atoms with van der Waals surface area (Å²) >= 11 is 0. The van der Waals surface area contributed by atoms with Crippen LogP contribution in [0.5, 0.6) is 5.75 Å². The van der Waals surface area contributed by atoms with Gasteiger partial charge in [-0.25, -0.2) is 9.59 Å². The standard InChI is InChI=1S/C22H28O5Si/c1-6-28(7-2,8-3)20-16(15-12-10-9-11-13-15)14-17(21(24)26-4)18(19(20)23)22(25)27-5/h9-14,23H,6-8H2,1-5H3. The molecule has 0 fully saturated rings. The van der Waals surface area contributed by atoms with Crippen LogP contribution in [0.2, 0.25) is 18.1 Å². The number of aromatic hydroxyl groups is 1. The molecule has 0 unspecified atom stereocenters. The predicted molar refractivity (Wildman–Crippen MR) is 113 cm³/mol. The number of carbonyl (C=O) groups is 2. The zero-order valence-electron chi connectivity index (χ0n) is 17.2. The summed E-state index contributed by atoms with van der Waals surface area (Å²) in [6, 6.07) is 14.0. The topological polar surface area (TPSA) is 72.8 Å². The fourth-order valence-electron chi connectivity index (χ4n) is 3.91. The first kappa shape index (κ1) is 21.7. The van der Waals surface area contributed by atoms with Crippen molar-refractivity contribution in [3.8, 4) is 16.9 Å². The van der Waals surface area contributed by atoms with Gasteiger partial charge in [0, 0.05) is 0 Å². The lowest BCUT2D eigenvalue weighted by molar-refractivity contribution is 0.0552. The average Bonchev–Trinajstić information content (AvgIpc) is 2.75. The monoisotopic (exact) mass is 400 g/mol. The van der Waals surface area contributed by atoms with E-state index in [-0.39, 0.29) is 16.9 Å². The maximum absolute atomic E-state index is 12.5. The second-order valence-electron chi connectivity index (χ2n) is 6.76. The van der Waals surface area contributed by atoms with Crippen LogP contribution < -0.4 is 5.19 Å². The third-order valence-electron chi connectivity index (χ3n) is 5.74. The van der Waals surface area contributed by atoms with Crippen molar-refractivity contribution in [2.24, 2.45) is 0 Å². The summed E-state index contributed by atoms with van der Waals surface area (Å²) in [7, 11) is 0.350. The lowest BCUT2D eigenvalue weighted by atomic mass is 9.97. The molecule has 0 aliphatic carbocycles. The molecule has 0 spiro atoms. The molecule has 0 atom stereocenters. The van der Waals surface area contributed by atoms with E-state index in [9.17, 15) is 14.7 Å². The molecule has 0 aliphatic rings. The van der Waals surface area contributed by atoms with Gasteiger partial charge in [0.15, 0.2) is 0 Å². The summed E-state index contributed by atoms with van der Waals surface area (Å²) in [5, 5.41) is 12.1. The molecule has 0 heterocycles. The molecule has 2 aromatic carbocycles. The van der Waals surface area contributed by atoms with Crippen LogP contribution in [0, 0.1) is 0 Å². The Morgan fingerprint density at radius 2 is 1.46 bits per heavy atom. The Morgan fingerprint density at radius 3 is 1.93 bits per heavy atom. The van der Waals surface area contributed by atoms with E-state index in [1.165, 1.54) is 14.2 Å². The largest absolute Gasteiger partial charge is 0.507 e. The molecule has 0 amide bonds. The fourth-order valence-corrected chi connectivity index (χ4v) is 7.89. The van der Waals surface area contributed by atoms with Gasteiger partial charge < -0.3 is 14.6 Å². The van der Waals surface area contributed by atoms with Gasteiger partial charge in [0.2, 0.25) is 0 Å². The number of rotatable bonds is 7. The molecule has 150 valence electrons. The molecule has 2 aromatic rings. The Bertz CT molecular complexity index is 849. The van der Waals surface area contributed by atoms with Crippen LogP contribution in [0.1, 0.15) is 41.5 Å². The average molecular weight is 401 g/mol. The van der Waals surface area contributed by atoms with Crippen molar-refractivity contribution in [1.29, 1.82) is 0 Å². The third-order valence-corrected chi connectivity index (χ3v) is 11.4. The van der Waals surface area contributed by atoms with Gasteiger partial charge in [-0.3, -0.25) is 0 Å². The summed E-state index contributed by atoms with van der Waals surface area (Å²) in [4.78, 5) is 24.9. The van der Waals surface area contributed by atoms with Gasteiger partial charge in [-0.05, 0) is 22.4 Å². The normalized spacial score (nSPS) is 11.2. The molecule has 0 aliphatic heterocycles. The van der Waals surface area contributed by atoms with Crippen molar-refractivity contribution in [3.63, 3.8) is 0 Å². The number of ether oxygens (including phenoxy) is 2. The van der Waals surface area contributed by atoms with E-state index in [0.29, 0.717) is 0 Å². The van der Waals surface area contributed by atoms with Gasteiger partial charge in [-0.2, -0.15) is 0 Å². The van der Waals surface area contributed by atoms with Crippen molar-refractivity contribution < 1.29 is 24.2 Å². The Kier molecular flexibility index (Phi) is 7.02. The molecule has 0 aromatic heterocycles. The predicted octanol–water partition coefficient (Wildman–Crippen LogP) is 4.35. The Hall–Kier alpha value is -2.60. The number of hydrogen-bond acceptors (Lipinski definition) is 5. The Balaban J connectivity index is 3.03. The van der Waals surface area contributed by atoms with Crippen molar-refractivity contribution in [1.82, 2.24) is 0 Å². The summed E-state index contributed by atoms with van der Waals surface area (Å²) in [5.74, 6) is -1.58. The lowest BCUT2D eigenvalue weighted by Crippen LogP contribution is -2.47. The highest BCUT2D eigenvalue weighted by Crippen LogP contribution is 2.35. The number of phenolic OH excluding ortho intramolecular Hbond substituents is 1.